The molecule has 0 aliphatic carbocycles. The van der Waals surface area contributed by atoms with E-state index in [1.807, 2.05) is 42.5 Å². The molecule has 7 aromatic carbocycles. The van der Waals surface area contributed by atoms with Crippen LogP contribution >= 0.6 is 0 Å². The molecule has 14 heteroatoms. The first-order valence-electron chi connectivity index (χ1n) is 20.3. The highest BCUT2D eigenvalue weighted by Gasteiger charge is 2.26. The fourth-order valence-electron chi connectivity index (χ4n) is 9.53. The van der Waals surface area contributed by atoms with Gasteiger partial charge in [-0.3, -0.25) is 4.57 Å². The van der Waals surface area contributed by atoms with Crippen molar-refractivity contribution in [1.29, 1.82) is 0 Å². The molecule has 0 spiro atoms. The van der Waals surface area contributed by atoms with Crippen LogP contribution in [-0.2, 0) is 0 Å². The average molecular weight is 749 g/mol. The van der Waals surface area contributed by atoms with Crippen LogP contribution in [0, 0.1) is 0 Å². The van der Waals surface area contributed by atoms with Crippen molar-refractivity contribution < 1.29 is 8.83 Å². The standard InChI is InChI=1S/C45H34B8N4O2/c46-32-30-31-33(47)35(49)37(51)39(53)41(31)57(40(30)38(52)36(50)34(32)48)45-55-43(19-8-2-1-3-9-19)54-44(56-45)20-16-17-27-25(18-20)29-22(11-7-15-28(29)58-27)24-13-6-12-23-21-10-4-5-14-26(21)59-42(23)24/h1-18H,46-53H2. The van der Waals surface area contributed by atoms with Crippen molar-refractivity contribution >= 4 is 172 Å². The number of hydrogen-bond acceptors (Lipinski definition) is 5. The van der Waals surface area contributed by atoms with Gasteiger partial charge in [0, 0.05) is 49.3 Å². The topological polar surface area (TPSA) is 69.9 Å². The number of rotatable bonds is 4. The summed E-state index contributed by atoms with van der Waals surface area (Å²) in [7, 11) is 18.0. The minimum Gasteiger partial charge on any atom is -0.456 e. The van der Waals surface area contributed by atoms with Crippen LogP contribution in [0.1, 0.15) is 0 Å². The smallest absolute Gasteiger partial charge is 0.238 e. The molecule has 0 amide bonds. The van der Waals surface area contributed by atoms with Crippen molar-refractivity contribution in [3.8, 4) is 39.9 Å². The fourth-order valence-corrected chi connectivity index (χ4v) is 9.53. The highest BCUT2D eigenvalue weighted by Crippen LogP contribution is 2.42. The lowest BCUT2D eigenvalue weighted by atomic mass is 9.63. The molecule has 4 heterocycles. The van der Waals surface area contributed by atoms with E-state index in [1.165, 1.54) is 54.5 Å². The van der Waals surface area contributed by atoms with Crippen LogP contribution in [0.2, 0.25) is 0 Å². The third kappa shape index (κ3) is 5.08. The Morgan fingerprint density at radius 3 is 1.66 bits per heavy atom. The monoisotopic (exact) mass is 750 g/mol. The molecule has 0 unspecified atom stereocenters. The highest BCUT2D eigenvalue weighted by atomic mass is 16.3. The number of benzene rings is 7. The lowest BCUT2D eigenvalue weighted by molar-refractivity contribution is 0.668. The van der Waals surface area contributed by atoms with Gasteiger partial charge < -0.3 is 8.83 Å². The van der Waals surface area contributed by atoms with Crippen molar-refractivity contribution in [1.82, 2.24) is 19.5 Å². The zero-order valence-corrected chi connectivity index (χ0v) is 34.5. The first-order valence-corrected chi connectivity index (χ1v) is 20.3. The number of hydrogen-bond donors (Lipinski definition) is 0. The van der Waals surface area contributed by atoms with E-state index in [0.717, 1.165) is 77.2 Å². The van der Waals surface area contributed by atoms with Crippen LogP contribution in [0.25, 0.3) is 106 Å². The molecule has 0 saturated heterocycles. The summed E-state index contributed by atoms with van der Waals surface area (Å²) in [4.78, 5) is 16.0. The van der Waals surface area contributed by atoms with Gasteiger partial charge in [-0.05, 0) is 46.7 Å². The molecule has 0 fully saturated rings. The van der Waals surface area contributed by atoms with E-state index in [4.69, 9.17) is 23.8 Å². The van der Waals surface area contributed by atoms with Crippen molar-refractivity contribution in [3.05, 3.63) is 109 Å². The summed E-state index contributed by atoms with van der Waals surface area (Å²) in [5.74, 6) is 1.81. The van der Waals surface area contributed by atoms with Gasteiger partial charge in [0.05, 0.1) is 0 Å². The SMILES string of the molecule is Bc1c(B)c(B)c2c(c1B)c1c(B)c(B)c(B)c(B)c1n2-c1nc(-c2ccccc2)nc(-c2ccc3oc4cccc(-c5cccc6c5oc5ccccc56)c4c3c2)n1. The summed E-state index contributed by atoms with van der Waals surface area (Å²) in [6.07, 6.45) is 0. The molecule has 0 aliphatic heterocycles. The second-order valence-electron chi connectivity index (χ2n) is 16.2. The zero-order valence-electron chi connectivity index (χ0n) is 34.5. The second-order valence-corrected chi connectivity index (χ2v) is 16.2. The quantitative estimate of drug-likeness (QED) is 0.192. The molecule has 4 aromatic heterocycles. The maximum atomic E-state index is 6.55. The van der Waals surface area contributed by atoms with Crippen molar-refractivity contribution in [2.75, 3.05) is 0 Å². The maximum absolute atomic E-state index is 6.55. The van der Waals surface area contributed by atoms with Gasteiger partial charge in [0.2, 0.25) is 5.95 Å². The Hall–Kier alpha value is -6.53. The molecule has 270 valence electrons. The maximum Gasteiger partial charge on any atom is 0.238 e. The number of aromatic nitrogens is 4. The van der Waals surface area contributed by atoms with Gasteiger partial charge in [0.1, 0.15) is 85.1 Å². The molecular formula is C45H34B8N4O2. The Morgan fingerprint density at radius 2 is 0.949 bits per heavy atom. The van der Waals surface area contributed by atoms with Crippen LogP contribution in [0.3, 0.4) is 0 Å². The molecule has 59 heavy (non-hydrogen) atoms. The Morgan fingerprint density at radius 1 is 0.390 bits per heavy atom. The van der Waals surface area contributed by atoms with E-state index >= 15 is 0 Å². The summed E-state index contributed by atoms with van der Waals surface area (Å²) in [6.45, 7) is 0. The Labute approximate surface area is 348 Å². The van der Waals surface area contributed by atoms with Crippen LogP contribution in [0.5, 0.6) is 0 Å². The molecule has 11 rings (SSSR count). The summed E-state index contributed by atoms with van der Waals surface area (Å²) in [5, 5.41) is 6.73. The number of fused-ring (bicyclic) bond motifs is 9. The molecule has 0 saturated carbocycles. The van der Waals surface area contributed by atoms with E-state index < -0.39 is 0 Å². The Bertz CT molecular complexity index is 3540. The van der Waals surface area contributed by atoms with Crippen LogP contribution in [-0.4, -0.2) is 82.3 Å². The number of furan rings is 2. The third-order valence-corrected chi connectivity index (χ3v) is 13.3. The molecule has 6 nitrogen and oxygen atoms in total. The normalized spacial score (nSPS) is 11.9. The van der Waals surface area contributed by atoms with Crippen LogP contribution in [0.4, 0.5) is 0 Å². The van der Waals surface area contributed by atoms with E-state index in [1.54, 1.807) is 0 Å². The lowest BCUT2D eigenvalue weighted by Crippen LogP contribution is -2.49. The summed E-state index contributed by atoms with van der Waals surface area (Å²) in [5.41, 5.74) is 19.7. The van der Waals surface area contributed by atoms with Gasteiger partial charge in [-0.1, -0.05) is 112 Å². The highest BCUT2D eigenvalue weighted by molar-refractivity contribution is 6.71. The first kappa shape index (κ1) is 35.6. The Balaban J connectivity index is 1.21. The number of nitrogens with zero attached hydrogens (tertiary/aromatic N) is 4. The second kappa shape index (κ2) is 13.0. The van der Waals surface area contributed by atoms with Gasteiger partial charge in [-0.2, -0.15) is 9.97 Å². The van der Waals surface area contributed by atoms with Crippen LogP contribution in [0.15, 0.2) is 118 Å². The van der Waals surface area contributed by atoms with Gasteiger partial charge >= 0.3 is 0 Å². The van der Waals surface area contributed by atoms with E-state index in [9.17, 15) is 0 Å². The van der Waals surface area contributed by atoms with E-state index in [-0.39, 0.29) is 0 Å². The predicted molar refractivity (Wildman–Crippen MR) is 270 cm³/mol. The average Bonchev–Trinajstić information content (AvgIpc) is 3.96. The van der Waals surface area contributed by atoms with Gasteiger partial charge in [0.15, 0.2) is 11.6 Å². The molecule has 11 aromatic rings. The lowest BCUT2D eigenvalue weighted by Gasteiger charge is -2.16. The summed E-state index contributed by atoms with van der Waals surface area (Å²) >= 11 is 0. The molecule has 0 aliphatic rings. The van der Waals surface area contributed by atoms with Gasteiger partial charge in [0.25, 0.3) is 0 Å². The largest absolute Gasteiger partial charge is 0.456 e. The predicted octanol–water partition coefficient (Wildman–Crippen LogP) is -2.16. The van der Waals surface area contributed by atoms with E-state index in [2.05, 4.69) is 134 Å². The summed E-state index contributed by atoms with van der Waals surface area (Å²) in [6, 6.07) is 37.4. The fraction of sp³-hybridized carbons (Fsp3) is 0. The Kier molecular flexibility index (Phi) is 7.84. The van der Waals surface area contributed by atoms with Gasteiger partial charge in [-0.25, -0.2) is 4.98 Å². The molecule has 0 radical (unpaired) electrons. The van der Waals surface area contributed by atoms with Crippen molar-refractivity contribution in [3.63, 3.8) is 0 Å². The van der Waals surface area contributed by atoms with Gasteiger partial charge in [-0.15, -0.1) is 10.9 Å². The van der Waals surface area contributed by atoms with E-state index in [0.29, 0.717) is 17.6 Å². The zero-order chi connectivity index (χ0) is 40.4. The molecule has 0 atom stereocenters. The minimum absolute atomic E-state index is 0.591. The minimum atomic E-state index is 0.591. The molecule has 0 bridgehead atoms. The summed E-state index contributed by atoms with van der Waals surface area (Å²) < 4.78 is 15.4. The molecular weight excluding hydrogens is 715 g/mol. The first-order chi connectivity index (χ1) is 28.6. The van der Waals surface area contributed by atoms with Crippen molar-refractivity contribution in [2.24, 2.45) is 0 Å². The van der Waals surface area contributed by atoms with Crippen molar-refractivity contribution in [2.45, 2.75) is 0 Å². The number of para-hydroxylation sites is 2. The third-order valence-electron chi connectivity index (χ3n) is 13.3. The molecule has 0 N–H and O–H groups in total. The van der Waals surface area contributed by atoms with Crippen LogP contribution < -0.4 is 43.7 Å².